The normalized spacial score (nSPS) is 13.8. The van der Waals surface area contributed by atoms with E-state index in [4.69, 9.17) is 4.74 Å². The first-order valence-corrected chi connectivity index (χ1v) is 10.3. The van der Waals surface area contributed by atoms with Crippen molar-refractivity contribution in [1.29, 1.82) is 0 Å². The molecular weight excluding hydrogens is 348 g/mol. The molecule has 1 unspecified atom stereocenters. The van der Waals surface area contributed by atoms with Gasteiger partial charge in [0.15, 0.2) is 9.84 Å². The number of hydrogen-bond acceptors (Lipinski definition) is 6. The van der Waals surface area contributed by atoms with Gasteiger partial charge in [-0.05, 0) is 44.7 Å². The quantitative estimate of drug-likeness (QED) is 0.791. The van der Waals surface area contributed by atoms with Crippen LogP contribution >= 0.6 is 11.3 Å². The molecule has 0 amide bonds. The Morgan fingerprint density at radius 1 is 1.29 bits per heavy atom. The van der Waals surface area contributed by atoms with Crippen LogP contribution in [0.15, 0.2) is 30.3 Å². The fraction of sp³-hybridized carbons (Fsp3) is 0.471. The van der Waals surface area contributed by atoms with Gasteiger partial charge in [-0.25, -0.2) is 8.42 Å². The van der Waals surface area contributed by atoms with Gasteiger partial charge in [0.05, 0.1) is 11.9 Å². The molecule has 2 rings (SSSR count). The van der Waals surface area contributed by atoms with Crippen molar-refractivity contribution in [3.05, 3.63) is 35.2 Å². The van der Waals surface area contributed by atoms with Crippen molar-refractivity contribution in [2.45, 2.75) is 38.9 Å². The van der Waals surface area contributed by atoms with Crippen LogP contribution in [0.1, 0.15) is 38.2 Å². The van der Waals surface area contributed by atoms with Crippen molar-refractivity contribution < 1.29 is 23.1 Å². The SMILES string of the molecule is CC(C)(C)OC(=O)CS(=O)(=O)CCC(O)c1cc2ccccc2s1. The molecule has 1 aromatic heterocycles. The smallest absolute Gasteiger partial charge is 0.321 e. The lowest BCUT2D eigenvalue weighted by molar-refractivity contribution is -0.151. The highest BCUT2D eigenvalue weighted by molar-refractivity contribution is 7.92. The molecule has 1 N–H and O–H groups in total. The number of carbonyl (C=O) groups excluding carboxylic acids is 1. The van der Waals surface area contributed by atoms with E-state index >= 15 is 0 Å². The maximum absolute atomic E-state index is 12.0. The number of aliphatic hydroxyl groups excluding tert-OH is 1. The molecule has 0 bridgehead atoms. The van der Waals surface area contributed by atoms with E-state index in [1.165, 1.54) is 11.3 Å². The summed E-state index contributed by atoms with van der Waals surface area (Å²) in [7, 11) is -3.62. The lowest BCUT2D eigenvalue weighted by Gasteiger charge is -2.19. The zero-order valence-corrected chi connectivity index (χ0v) is 15.6. The highest BCUT2D eigenvalue weighted by atomic mass is 32.2. The van der Waals surface area contributed by atoms with Crippen molar-refractivity contribution in [3.63, 3.8) is 0 Å². The van der Waals surface area contributed by atoms with Crippen LogP contribution in [-0.4, -0.2) is 36.6 Å². The summed E-state index contributed by atoms with van der Waals surface area (Å²) in [6.45, 7) is 5.05. The van der Waals surface area contributed by atoms with Gasteiger partial charge < -0.3 is 9.84 Å². The van der Waals surface area contributed by atoms with Crippen molar-refractivity contribution in [2.75, 3.05) is 11.5 Å². The van der Waals surface area contributed by atoms with Gasteiger partial charge in [0, 0.05) is 9.58 Å². The monoisotopic (exact) mass is 370 g/mol. The standard InChI is InChI=1S/C17H22O5S2/c1-17(2,3)22-16(19)11-24(20,21)9-8-13(18)15-10-12-6-4-5-7-14(12)23-15/h4-7,10,13,18H,8-9,11H2,1-3H3. The summed E-state index contributed by atoms with van der Waals surface area (Å²) in [5, 5.41) is 11.3. The third-order valence-corrected chi connectivity index (χ3v) is 5.98. The average Bonchev–Trinajstić information content (AvgIpc) is 2.86. The van der Waals surface area contributed by atoms with E-state index in [0.717, 1.165) is 15.0 Å². The Morgan fingerprint density at radius 3 is 2.58 bits per heavy atom. The predicted molar refractivity (Wildman–Crippen MR) is 95.9 cm³/mol. The van der Waals surface area contributed by atoms with E-state index < -0.39 is 33.3 Å². The van der Waals surface area contributed by atoms with E-state index in [9.17, 15) is 18.3 Å². The lowest BCUT2D eigenvalue weighted by atomic mass is 10.2. The maximum Gasteiger partial charge on any atom is 0.321 e. The highest BCUT2D eigenvalue weighted by Crippen LogP contribution is 2.31. The van der Waals surface area contributed by atoms with E-state index in [1.54, 1.807) is 20.8 Å². The fourth-order valence-corrected chi connectivity index (χ4v) is 4.45. The molecule has 0 saturated heterocycles. The zero-order valence-electron chi connectivity index (χ0n) is 14.0. The largest absolute Gasteiger partial charge is 0.459 e. The topological polar surface area (TPSA) is 80.7 Å². The van der Waals surface area contributed by atoms with E-state index in [0.29, 0.717) is 0 Å². The van der Waals surface area contributed by atoms with Crippen LogP contribution in [0.25, 0.3) is 10.1 Å². The Labute approximate surface area is 146 Å². The minimum Gasteiger partial charge on any atom is -0.459 e. The zero-order chi connectivity index (χ0) is 18.0. The molecule has 0 aliphatic heterocycles. The summed E-state index contributed by atoms with van der Waals surface area (Å²) in [5.74, 6) is -1.69. The molecular formula is C17H22O5S2. The molecule has 0 aliphatic rings. The van der Waals surface area contributed by atoms with Crippen LogP contribution in [0.4, 0.5) is 0 Å². The van der Waals surface area contributed by atoms with E-state index in [-0.39, 0.29) is 12.2 Å². The Balaban J connectivity index is 1.94. The second-order valence-electron chi connectivity index (χ2n) is 6.67. The van der Waals surface area contributed by atoms with E-state index in [2.05, 4.69) is 0 Å². The number of benzene rings is 1. The summed E-state index contributed by atoms with van der Waals surface area (Å²) < 4.78 is 30.1. The van der Waals surface area contributed by atoms with Crippen LogP contribution in [-0.2, 0) is 19.4 Å². The molecule has 0 fully saturated rings. The van der Waals surface area contributed by atoms with Crippen LogP contribution < -0.4 is 0 Å². The number of rotatable bonds is 6. The number of thiophene rings is 1. The molecule has 2 aromatic rings. The number of fused-ring (bicyclic) bond motifs is 1. The first-order valence-electron chi connectivity index (χ1n) is 7.64. The number of esters is 1. The van der Waals surface area contributed by atoms with E-state index in [1.807, 2.05) is 30.3 Å². The first-order chi connectivity index (χ1) is 11.1. The van der Waals surface area contributed by atoms with Crippen molar-refractivity contribution in [1.82, 2.24) is 0 Å². The number of sulfone groups is 1. The van der Waals surface area contributed by atoms with Crippen molar-refractivity contribution >= 4 is 37.2 Å². The van der Waals surface area contributed by atoms with Gasteiger partial charge in [-0.3, -0.25) is 4.79 Å². The molecule has 7 heteroatoms. The summed E-state index contributed by atoms with van der Waals surface area (Å²) in [5.41, 5.74) is -0.719. The minimum absolute atomic E-state index is 0.0535. The van der Waals surface area contributed by atoms with Gasteiger partial charge in [0.1, 0.15) is 11.4 Å². The third-order valence-electron chi connectivity index (χ3n) is 3.23. The average molecular weight is 370 g/mol. The van der Waals surface area contributed by atoms with Crippen LogP contribution in [0.5, 0.6) is 0 Å². The molecule has 1 aromatic carbocycles. The molecule has 0 radical (unpaired) electrons. The van der Waals surface area contributed by atoms with Crippen LogP contribution in [0, 0.1) is 0 Å². The molecule has 24 heavy (non-hydrogen) atoms. The van der Waals surface area contributed by atoms with Crippen LogP contribution in [0.2, 0.25) is 0 Å². The molecule has 0 aliphatic carbocycles. The van der Waals surface area contributed by atoms with Crippen LogP contribution in [0.3, 0.4) is 0 Å². The fourth-order valence-electron chi connectivity index (χ4n) is 2.22. The summed E-state index contributed by atoms with van der Waals surface area (Å²) in [6, 6.07) is 9.60. The number of ether oxygens (including phenoxy) is 1. The number of carbonyl (C=O) groups is 1. The second kappa shape index (κ2) is 7.21. The van der Waals surface area contributed by atoms with Gasteiger partial charge >= 0.3 is 5.97 Å². The Hall–Kier alpha value is -1.44. The Kier molecular flexibility index (Phi) is 5.67. The second-order valence-corrected chi connectivity index (χ2v) is 9.97. The van der Waals surface area contributed by atoms with Crippen molar-refractivity contribution in [2.24, 2.45) is 0 Å². The van der Waals surface area contributed by atoms with Gasteiger partial charge in [0.25, 0.3) is 0 Å². The Morgan fingerprint density at radius 2 is 1.96 bits per heavy atom. The molecule has 0 saturated carbocycles. The predicted octanol–water partition coefficient (Wildman–Crippen LogP) is 3.08. The van der Waals surface area contributed by atoms with Crippen molar-refractivity contribution in [3.8, 4) is 0 Å². The molecule has 0 spiro atoms. The summed E-state index contributed by atoms with van der Waals surface area (Å²) >= 11 is 1.44. The first kappa shape index (κ1) is 18.9. The summed E-state index contributed by atoms with van der Waals surface area (Å²) in [4.78, 5) is 12.4. The number of aliphatic hydroxyl groups is 1. The molecule has 132 valence electrons. The molecule has 5 nitrogen and oxygen atoms in total. The number of hydrogen-bond donors (Lipinski definition) is 1. The van der Waals surface area contributed by atoms with Gasteiger partial charge in [0.2, 0.25) is 0 Å². The highest BCUT2D eigenvalue weighted by Gasteiger charge is 2.24. The van der Waals surface area contributed by atoms with Gasteiger partial charge in [-0.2, -0.15) is 0 Å². The minimum atomic E-state index is -3.62. The lowest BCUT2D eigenvalue weighted by Crippen LogP contribution is -2.29. The maximum atomic E-state index is 12.0. The molecule has 1 atom stereocenters. The van der Waals surface area contributed by atoms with Gasteiger partial charge in [-0.15, -0.1) is 11.3 Å². The Bertz CT molecular complexity index is 782. The molecule has 1 heterocycles. The van der Waals surface area contributed by atoms with Gasteiger partial charge in [-0.1, -0.05) is 18.2 Å². The summed E-state index contributed by atoms with van der Waals surface area (Å²) in [6.07, 6.45) is -0.811. The third kappa shape index (κ3) is 5.58.